The first-order valence-corrected chi connectivity index (χ1v) is 7.90. The normalized spacial score (nSPS) is 18.4. The predicted octanol–water partition coefficient (Wildman–Crippen LogP) is 2.49. The summed E-state index contributed by atoms with van der Waals surface area (Å²) < 4.78 is 0. The van der Waals surface area contributed by atoms with Gasteiger partial charge in [0.2, 0.25) is 11.8 Å². The van der Waals surface area contributed by atoms with Gasteiger partial charge in [0.05, 0.1) is 5.88 Å². The molecule has 1 atom stereocenters. The molecule has 4 nitrogen and oxygen atoms in total. The molecule has 0 saturated carbocycles. The Bertz CT molecular complexity index is 499. The highest BCUT2D eigenvalue weighted by Gasteiger charge is 2.35. The molecular formula is C15H20N2O2S. The van der Waals surface area contributed by atoms with E-state index in [2.05, 4.69) is 5.32 Å². The minimum Gasteiger partial charge on any atom is -0.324 e. The van der Waals surface area contributed by atoms with Gasteiger partial charge in [-0.1, -0.05) is 31.5 Å². The van der Waals surface area contributed by atoms with E-state index in [1.54, 1.807) is 16.7 Å². The van der Waals surface area contributed by atoms with Gasteiger partial charge < -0.3 is 10.2 Å². The lowest BCUT2D eigenvalue weighted by Crippen LogP contribution is -2.46. The molecule has 20 heavy (non-hydrogen) atoms. The summed E-state index contributed by atoms with van der Waals surface area (Å²) in [5.74, 6) is 1.12. The third kappa shape index (κ3) is 3.33. The molecule has 108 valence electrons. The van der Waals surface area contributed by atoms with Gasteiger partial charge in [-0.15, -0.1) is 11.8 Å². The van der Waals surface area contributed by atoms with E-state index in [-0.39, 0.29) is 23.8 Å². The molecule has 0 aromatic heterocycles. The van der Waals surface area contributed by atoms with Crippen LogP contribution in [0.1, 0.15) is 19.4 Å². The second-order valence-corrected chi connectivity index (χ2v) is 6.33. The monoisotopic (exact) mass is 292 g/mol. The van der Waals surface area contributed by atoms with E-state index >= 15 is 0 Å². The van der Waals surface area contributed by atoms with E-state index in [0.717, 1.165) is 11.3 Å². The standard InChI is InChI=1S/C15H20N2O2S/c1-10(2)15(19)17-9-20-8-13(17)14(18)16-12-6-4-11(3)5-7-12/h4-7,10,13H,8-9H2,1-3H3,(H,16,18). The van der Waals surface area contributed by atoms with Gasteiger partial charge in [-0.2, -0.15) is 0 Å². The van der Waals surface area contributed by atoms with Gasteiger partial charge in [0.1, 0.15) is 6.04 Å². The predicted molar refractivity (Wildman–Crippen MR) is 82.6 cm³/mol. The summed E-state index contributed by atoms with van der Waals surface area (Å²) in [7, 11) is 0. The van der Waals surface area contributed by atoms with Crippen LogP contribution in [0.25, 0.3) is 0 Å². The van der Waals surface area contributed by atoms with Crippen LogP contribution in [0, 0.1) is 12.8 Å². The van der Waals surface area contributed by atoms with Crippen molar-refractivity contribution in [2.24, 2.45) is 5.92 Å². The molecule has 1 saturated heterocycles. The minimum atomic E-state index is -0.365. The lowest BCUT2D eigenvalue weighted by Gasteiger charge is -2.24. The van der Waals surface area contributed by atoms with Crippen LogP contribution >= 0.6 is 11.8 Å². The fourth-order valence-corrected chi connectivity index (χ4v) is 3.24. The van der Waals surface area contributed by atoms with Crippen LogP contribution in [-0.2, 0) is 9.59 Å². The van der Waals surface area contributed by atoms with Crippen LogP contribution in [0.15, 0.2) is 24.3 Å². The average molecular weight is 292 g/mol. The Labute approximate surface area is 123 Å². The van der Waals surface area contributed by atoms with Gasteiger partial charge in [0.25, 0.3) is 0 Å². The summed E-state index contributed by atoms with van der Waals surface area (Å²) in [5, 5.41) is 2.89. The molecule has 1 N–H and O–H groups in total. The largest absolute Gasteiger partial charge is 0.324 e. The Kier molecular flexibility index (Phi) is 4.70. The first kappa shape index (κ1) is 14.9. The fourth-order valence-electron chi connectivity index (χ4n) is 2.07. The van der Waals surface area contributed by atoms with Crippen molar-refractivity contribution in [3.8, 4) is 0 Å². The van der Waals surface area contributed by atoms with Crippen molar-refractivity contribution in [1.29, 1.82) is 0 Å². The number of thioether (sulfide) groups is 1. The molecule has 1 heterocycles. The first-order valence-electron chi connectivity index (χ1n) is 6.75. The molecule has 1 unspecified atom stereocenters. The maximum absolute atomic E-state index is 12.3. The van der Waals surface area contributed by atoms with Gasteiger partial charge in [-0.3, -0.25) is 9.59 Å². The number of anilines is 1. The van der Waals surface area contributed by atoms with Crippen LogP contribution in [0.2, 0.25) is 0 Å². The third-order valence-electron chi connectivity index (χ3n) is 3.28. The van der Waals surface area contributed by atoms with Gasteiger partial charge in [0, 0.05) is 17.4 Å². The molecule has 2 amide bonds. The number of amides is 2. The number of rotatable bonds is 3. The fraction of sp³-hybridized carbons (Fsp3) is 0.467. The van der Waals surface area contributed by atoms with E-state index in [1.807, 2.05) is 45.0 Å². The van der Waals surface area contributed by atoms with Crippen molar-refractivity contribution in [1.82, 2.24) is 4.90 Å². The summed E-state index contributed by atoms with van der Waals surface area (Å²) in [5.41, 5.74) is 1.92. The summed E-state index contributed by atoms with van der Waals surface area (Å²) in [6.07, 6.45) is 0. The number of carbonyl (C=O) groups excluding carboxylic acids is 2. The van der Waals surface area contributed by atoms with Gasteiger partial charge in [-0.25, -0.2) is 0 Å². The molecule has 2 rings (SSSR count). The number of hydrogen-bond donors (Lipinski definition) is 1. The number of carbonyl (C=O) groups is 2. The van der Waals surface area contributed by atoms with Crippen molar-refractivity contribution < 1.29 is 9.59 Å². The highest BCUT2D eigenvalue weighted by atomic mass is 32.2. The summed E-state index contributed by atoms with van der Waals surface area (Å²) in [6, 6.07) is 7.30. The molecule has 0 radical (unpaired) electrons. The van der Waals surface area contributed by atoms with Gasteiger partial charge >= 0.3 is 0 Å². The zero-order chi connectivity index (χ0) is 14.7. The van der Waals surface area contributed by atoms with Crippen LogP contribution in [0.3, 0.4) is 0 Å². The van der Waals surface area contributed by atoms with E-state index in [9.17, 15) is 9.59 Å². The molecule has 1 aliphatic rings. The maximum atomic E-state index is 12.3. The third-order valence-corrected chi connectivity index (χ3v) is 4.29. The second-order valence-electron chi connectivity index (χ2n) is 5.33. The van der Waals surface area contributed by atoms with Crippen molar-refractivity contribution in [3.63, 3.8) is 0 Å². The highest BCUT2D eigenvalue weighted by Crippen LogP contribution is 2.24. The van der Waals surface area contributed by atoms with Crippen molar-refractivity contribution >= 4 is 29.3 Å². The minimum absolute atomic E-state index is 0.0408. The quantitative estimate of drug-likeness (QED) is 0.931. The Morgan fingerprint density at radius 1 is 1.30 bits per heavy atom. The van der Waals surface area contributed by atoms with E-state index < -0.39 is 0 Å². The highest BCUT2D eigenvalue weighted by molar-refractivity contribution is 7.99. The lowest BCUT2D eigenvalue weighted by atomic mass is 10.1. The van der Waals surface area contributed by atoms with Crippen molar-refractivity contribution in [2.75, 3.05) is 16.9 Å². The zero-order valence-corrected chi connectivity index (χ0v) is 12.9. The Hall–Kier alpha value is -1.49. The van der Waals surface area contributed by atoms with Gasteiger partial charge in [0.15, 0.2) is 0 Å². The Balaban J connectivity index is 2.04. The molecule has 0 bridgehead atoms. The van der Waals surface area contributed by atoms with Gasteiger partial charge in [-0.05, 0) is 19.1 Å². The van der Waals surface area contributed by atoms with E-state index in [1.165, 1.54) is 0 Å². The van der Waals surface area contributed by atoms with E-state index in [0.29, 0.717) is 11.6 Å². The van der Waals surface area contributed by atoms with E-state index in [4.69, 9.17) is 0 Å². The number of nitrogens with zero attached hydrogens (tertiary/aromatic N) is 1. The molecule has 0 spiro atoms. The van der Waals surface area contributed by atoms with Crippen LogP contribution in [-0.4, -0.2) is 34.4 Å². The molecule has 1 aromatic rings. The van der Waals surface area contributed by atoms with Crippen LogP contribution in [0.4, 0.5) is 5.69 Å². The molecule has 1 aromatic carbocycles. The molecule has 0 aliphatic carbocycles. The average Bonchev–Trinajstić information content (AvgIpc) is 2.89. The molecule has 1 fully saturated rings. The maximum Gasteiger partial charge on any atom is 0.248 e. The number of hydrogen-bond acceptors (Lipinski definition) is 3. The Morgan fingerprint density at radius 2 is 1.95 bits per heavy atom. The second kappa shape index (κ2) is 6.31. The Morgan fingerprint density at radius 3 is 2.55 bits per heavy atom. The zero-order valence-electron chi connectivity index (χ0n) is 12.1. The number of nitrogens with one attached hydrogen (secondary N) is 1. The molecule has 1 aliphatic heterocycles. The molecule has 5 heteroatoms. The SMILES string of the molecule is Cc1ccc(NC(=O)C2CSCN2C(=O)C(C)C)cc1. The smallest absolute Gasteiger partial charge is 0.248 e. The summed E-state index contributed by atoms with van der Waals surface area (Å²) >= 11 is 1.62. The first-order chi connectivity index (χ1) is 9.49. The van der Waals surface area contributed by atoms with Crippen LogP contribution in [0.5, 0.6) is 0 Å². The lowest BCUT2D eigenvalue weighted by molar-refractivity contribution is -0.138. The topological polar surface area (TPSA) is 49.4 Å². The van der Waals surface area contributed by atoms with Crippen molar-refractivity contribution in [3.05, 3.63) is 29.8 Å². The van der Waals surface area contributed by atoms with Crippen molar-refractivity contribution in [2.45, 2.75) is 26.8 Å². The molecular weight excluding hydrogens is 272 g/mol. The number of benzene rings is 1. The number of aryl methyl sites for hydroxylation is 1. The van der Waals surface area contributed by atoms with Crippen LogP contribution < -0.4 is 5.32 Å². The summed E-state index contributed by atoms with van der Waals surface area (Å²) in [6.45, 7) is 5.72. The summed E-state index contributed by atoms with van der Waals surface area (Å²) in [4.78, 5) is 26.1.